The topological polar surface area (TPSA) is 67.4 Å². The number of Topliss-reactive ketones (excluding diaryl/α,β-unsaturated/α-hetero) is 1. The number of carbonyl (C=O) groups excluding carboxylic acids is 2. The second-order valence-corrected chi connectivity index (χ2v) is 6.64. The van der Waals surface area contributed by atoms with E-state index in [9.17, 15) is 14.0 Å². The fourth-order valence-corrected chi connectivity index (χ4v) is 3.47. The molecule has 2 N–H and O–H groups in total. The standard InChI is InChI=1S/C18H23FN2O3.ClH/c19-14-3-1-13(2-4-14)16(22)5-6-17(23)21-15-11-18(24-12-15)7-9-20-10-8-18;/h1-4,15,20H,5-12H2,(H,21,23);1H. The summed E-state index contributed by atoms with van der Waals surface area (Å²) in [5.74, 6) is -0.662. The minimum absolute atomic E-state index is 0. The highest BCUT2D eigenvalue weighted by molar-refractivity contribution is 5.97. The van der Waals surface area contributed by atoms with Crippen LogP contribution in [0.15, 0.2) is 24.3 Å². The highest BCUT2D eigenvalue weighted by Gasteiger charge is 2.41. The Bertz CT molecular complexity index is 603. The third-order valence-electron chi connectivity index (χ3n) is 4.83. The van der Waals surface area contributed by atoms with Crippen LogP contribution in [0.25, 0.3) is 0 Å². The first-order valence-electron chi connectivity index (χ1n) is 8.49. The Hall–Kier alpha value is -1.50. The molecule has 5 nitrogen and oxygen atoms in total. The summed E-state index contributed by atoms with van der Waals surface area (Å²) >= 11 is 0. The average molecular weight is 371 g/mol. The maximum atomic E-state index is 12.9. The summed E-state index contributed by atoms with van der Waals surface area (Å²) in [6.45, 7) is 2.44. The molecule has 0 bridgehead atoms. The van der Waals surface area contributed by atoms with Crippen LogP contribution < -0.4 is 10.6 Å². The van der Waals surface area contributed by atoms with E-state index in [1.807, 2.05) is 0 Å². The van der Waals surface area contributed by atoms with Gasteiger partial charge >= 0.3 is 0 Å². The summed E-state index contributed by atoms with van der Waals surface area (Å²) in [4.78, 5) is 24.1. The molecule has 2 heterocycles. The van der Waals surface area contributed by atoms with Gasteiger partial charge in [0.1, 0.15) is 5.82 Å². The van der Waals surface area contributed by atoms with Crippen molar-refractivity contribution in [2.45, 2.75) is 43.7 Å². The summed E-state index contributed by atoms with van der Waals surface area (Å²) in [6.07, 6.45) is 3.05. The van der Waals surface area contributed by atoms with Crippen LogP contribution >= 0.6 is 12.4 Å². The number of piperidine rings is 1. The lowest BCUT2D eigenvalue weighted by molar-refractivity contribution is -0.121. The van der Waals surface area contributed by atoms with Gasteiger partial charge in [-0.15, -0.1) is 12.4 Å². The van der Waals surface area contributed by atoms with Crippen LogP contribution in [0.5, 0.6) is 0 Å². The number of carbonyl (C=O) groups is 2. The Morgan fingerprint density at radius 1 is 1.20 bits per heavy atom. The van der Waals surface area contributed by atoms with Crippen LogP contribution in [0.4, 0.5) is 4.39 Å². The van der Waals surface area contributed by atoms with Crippen molar-refractivity contribution in [3.8, 4) is 0 Å². The van der Waals surface area contributed by atoms with Crippen molar-refractivity contribution in [1.82, 2.24) is 10.6 Å². The molecule has 1 spiro atoms. The van der Waals surface area contributed by atoms with E-state index in [1.165, 1.54) is 24.3 Å². The van der Waals surface area contributed by atoms with E-state index in [0.29, 0.717) is 12.2 Å². The molecule has 3 rings (SSSR count). The van der Waals surface area contributed by atoms with Crippen LogP contribution in [0.1, 0.15) is 42.5 Å². The lowest BCUT2D eigenvalue weighted by atomic mass is 9.88. The highest BCUT2D eigenvalue weighted by atomic mass is 35.5. The van der Waals surface area contributed by atoms with Crippen LogP contribution in [0, 0.1) is 5.82 Å². The zero-order chi connectivity index (χ0) is 17.0. The summed E-state index contributed by atoms with van der Waals surface area (Å²) in [6, 6.07) is 5.42. The van der Waals surface area contributed by atoms with E-state index in [-0.39, 0.29) is 54.4 Å². The first-order valence-corrected chi connectivity index (χ1v) is 8.49. The van der Waals surface area contributed by atoms with Gasteiger partial charge in [-0.05, 0) is 56.6 Å². The normalized spacial score (nSPS) is 21.6. The Morgan fingerprint density at radius 2 is 1.88 bits per heavy atom. The number of hydrogen-bond donors (Lipinski definition) is 2. The minimum atomic E-state index is -0.377. The Kier molecular flexibility index (Phi) is 6.93. The van der Waals surface area contributed by atoms with Crippen molar-refractivity contribution in [2.75, 3.05) is 19.7 Å². The number of nitrogens with one attached hydrogen (secondary N) is 2. The SMILES string of the molecule is Cl.O=C(CCC(=O)c1ccc(F)cc1)NC1COC2(CCNCC2)C1. The predicted molar refractivity (Wildman–Crippen MR) is 94.5 cm³/mol. The minimum Gasteiger partial charge on any atom is -0.373 e. The molecule has 0 saturated carbocycles. The van der Waals surface area contributed by atoms with Crippen LogP contribution in [-0.2, 0) is 9.53 Å². The molecule has 138 valence electrons. The smallest absolute Gasteiger partial charge is 0.220 e. The van der Waals surface area contributed by atoms with E-state index >= 15 is 0 Å². The van der Waals surface area contributed by atoms with Gasteiger partial charge in [0.2, 0.25) is 5.91 Å². The van der Waals surface area contributed by atoms with Crippen molar-refractivity contribution in [2.24, 2.45) is 0 Å². The molecule has 7 heteroatoms. The number of amides is 1. The lowest BCUT2D eigenvalue weighted by Crippen LogP contribution is -2.43. The van der Waals surface area contributed by atoms with E-state index in [2.05, 4.69) is 10.6 Å². The van der Waals surface area contributed by atoms with Gasteiger partial charge in [-0.2, -0.15) is 0 Å². The summed E-state index contributed by atoms with van der Waals surface area (Å²) in [5.41, 5.74) is 0.342. The van der Waals surface area contributed by atoms with Gasteiger partial charge in [0.25, 0.3) is 0 Å². The highest BCUT2D eigenvalue weighted by Crippen LogP contribution is 2.33. The Morgan fingerprint density at radius 3 is 2.56 bits per heavy atom. The zero-order valence-electron chi connectivity index (χ0n) is 14.1. The van der Waals surface area contributed by atoms with E-state index in [0.717, 1.165) is 32.4 Å². The molecular weight excluding hydrogens is 347 g/mol. The van der Waals surface area contributed by atoms with Gasteiger partial charge in [-0.1, -0.05) is 0 Å². The first kappa shape index (κ1) is 19.8. The van der Waals surface area contributed by atoms with Gasteiger partial charge in [0, 0.05) is 18.4 Å². The quantitative estimate of drug-likeness (QED) is 0.780. The number of halogens is 2. The molecule has 1 aromatic carbocycles. The van der Waals surface area contributed by atoms with Crippen molar-refractivity contribution in [1.29, 1.82) is 0 Å². The maximum absolute atomic E-state index is 12.9. The summed E-state index contributed by atoms with van der Waals surface area (Å²) < 4.78 is 18.8. The number of hydrogen-bond acceptors (Lipinski definition) is 4. The monoisotopic (exact) mass is 370 g/mol. The summed E-state index contributed by atoms with van der Waals surface area (Å²) in [5, 5.41) is 6.28. The van der Waals surface area contributed by atoms with Gasteiger partial charge in [0.05, 0.1) is 18.2 Å². The van der Waals surface area contributed by atoms with Crippen LogP contribution in [0.2, 0.25) is 0 Å². The number of ether oxygens (including phenoxy) is 1. The third kappa shape index (κ3) is 5.23. The molecule has 2 fully saturated rings. The van der Waals surface area contributed by atoms with Crippen molar-refractivity contribution >= 4 is 24.1 Å². The maximum Gasteiger partial charge on any atom is 0.220 e. The molecule has 0 aromatic heterocycles. The lowest BCUT2D eigenvalue weighted by Gasteiger charge is -2.32. The van der Waals surface area contributed by atoms with E-state index in [1.54, 1.807) is 0 Å². The molecule has 1 atom stereocenters. The van der Waals surface area contributed by atoms with Gasteiger partial charge in [-0.25, -0.2) is 4.39 Å². The van der Waals surface area contributed by atoms with Crippen molar-refractivity contribution < 1.29 is 18.7 Å². The molecule has 2 aliphatic rings. The van der Waals surface area contributed by atoms with Gasteiger partial charge in [-0.3, -0.25) is 9.59 Å². The third-order valence-corrected chi connectivity index (χ3v) is 4.83. The van der Waals surface area contributed by atoms with Gasteiger partial charge in [0.15, 0.2) is 5.78 Å². The molecule has 1 amide bonds. The summed E-state index contributed by atoms with van der Waals surface area (Å²) in [7, 11) is 0. The fraction of sp³-hybridized carbons (Fsp3) is 0.556. The van der Waals surface area contributed by atoms with E-state index in [4.69, 9.17) is 4.74 Å². The van der Waals surface area contributed by atoms with E-state index < -0.39 is 0 Å². The Labute approximate surface area is 153 Å². The first-order chi connectivity index (χ1) is 11.6. The molecule has 2 saturated heterocycles. The largest absolute Gasteiger partial charge is 0.373 e. The van der Waals surface area contributed by atoms with Crippen molar-refractivity contribution in [3.63, 3.8) is 0 Å². The molecule has 0 aliphatic carbocycles. The predicted octanol–water partition coefficient (Wildman–Crippen LogP) is 2.24. The molecule has 2 aliphatic heterocycles. The molecule has 1 unspecified atom stereocenters. The number of benzene rings is 1. The second-order valence-electron chi connectivity index (χ2n) is 6.64. The van der Waals surface area contributed by atoms with Crippen molar-refractivity contribution in [3.05, 3.63) is 35.6 Å². The average Bonchev–Trinajstić information content (AvgIpc) is 2.96. The second kappa shape index (κ2) is 8.74. The Balaban J connectivity index is 0.00000225. The molecular formula is C18H24ClFN2O3. The number of ketones is 1. The molecule has 25 heavy (non-hydrogen) atoms. The van der Waals surface area contributed by atoms with Gasteiger partial charge < -0.3 is 15.4 Å². The number of rotatable bonds is 5. The van der Waals surface area contributed by atoms with Crippen LogP contribution in [-0.4, -0.2) is 43.0 Å². The molecule has 1 aromatic rings. The van der Waals surface area contributed by atoms with Crippen LogP contribution in [0.3, 0.4) is 0 Å². The zero-order valence-corrected chi connectivity index (χ0v) is 14.9. The fourth-order valence-electron chi connectivity index (χ4n) is 3.47. The molecule has 0 radical (unpaired) electrons.